The third-order valence-corrected chi connectivity index (χ3v) is 2.57. The van der Waals surface area contributed by atoms with Crippen molar-refractivity contribution in [1.82, 2.24) is 0 Å². The van der Waals surface area contributed by atoms with Crippen LogP contribution in [0.25, 0.3) is 0 Å². The zero-order valence-corrected chi connectivity index (χ0v) is 9.04. The lowest BCUT2D eigenvalue weighted by Gasteiger charge is -2.00. The average molecular weight is 249 g/mol. The van der Waals surface area contributed by atoms with Crippen LogP contribution >= 0.6 is 28.6 Å². The van der Waals surface area contributed by atoms with Gasteiger partial charge in [-0.1, -0.05) is 6.07 Å². The molecule has 66 valence electrons. The van der Waals surface area contributed by atoms with Crippen molar-refractivity contribution in [2.75, 3.05) is 5.75 Å². The average Bonchev–Trinajstić information content (AvgIpc) is 2.07. The Labute approximate surface area is 85.7 Å². The summed E-state index contributed by atoms with van der Waals surface area (Å²) in [6.45, 7) is 0. The monoisotopic (exact) mass is 248 g/mol. The summed E-state index contributed by atoms with van der Waals surface area (Å²) in [6, 6.07) is 5.23. The molecule has 0 aliphatic carbocycles. The highest BCUT2D eigenvalue weighted by Crippen LogP contribution is 2.17. The van der Waals surface area contributed by atoms with E-state index in [2.05, 4.69) is 28.6 Å². The second kappa shape index (κ2) is 4.87. The molecule has 0 aliphatic rings. The van der Waals surface area contributed by atoms with E-state index in [0.717, 1.165) is 24.2 Å². The molecule has 0 saturated carbocycles. The van der Waals surface area contributed by atoms with Gasteiger partial charge in [-0.2, -0.15) is 12.6 Å². The van der Waals surface area contributed by atoms with E-state index in [1.807, 2.05) is 6.07 Å². The topological polar surface area (TPSA) is 0 Å². The number of thiol groups is 1. The van der Waals surface area contributed by atoms with Gasteiger partial charge >= 0.3 is 0 Å². The predicted molar refractivity (Wildman–Crippen MR) is 56.3 cm³/mol. The molecular weight excluding hydrogens is 239 g/mol. The number of benzene rings is 1. The molecule has 3 heteroatoms. The Balaban J connectivity index is 2.69. The normalized spacial score (nSPS) is 10.2. The predicted octanol–water partition coefficient (Wildman–Crippen LogP) is 3.45. The first-order chi connectivity index (χ1) is 5.74. The summed E-state index contributed by atoms with van der Waals surface area (Å²) < 4.78 is 13.5. The smallest absolute Gasteiger partial charge is 0.137 e. The molecule has 0 bridgehead atoms. The summed E-state index contributed by atoms with van der Waals surface area (Å²) in [5.41, 5.74) is 1.03. The van der Waals surface area contributed by atoms with Gasteiger partial charge in [-0.05, 0) is 52.2 Å². The largest absolute Gasteiger partial charge is 0.206 e. The van der Waals surface area contributed by atoms with Crippen molar-refractivity contribution in [1.29, 1.82) is 0 Å². The molecule has 0 aliphatic heterocycles. The molecule has 1 aromatic rings. The van der Waals surface area contributed by atoms with Crippen LogP contribution in [0.2, 0.25) is 0 Å². The van der Waals surface area contributed by atoms with Crippen LogP contribution in [-0.4, -0.2) is 5.75 Å². The van der Waals surface area contributed by atoms with Crippen LogP contribution < -0.4 is 0 Å². The first-order valence-corrected chi connectivity index (χ1v) is 5.21. The van der Waals surface area contributed by atoms with Gasteiger partial charge in [0.2, 0.25) is 0 Å². The Bertz CT molecular complexity index is 263. The molecule has 0 amide bonds. The summed E-state index contributed by atoms with van der Waals surface area (Å²) in [4.78, 5) is 0. The minimum absolute atomic E-state index is 0.188. The van der Waals surface area contributed by atoms with Crippen LogP contribution in [0.15, 0.2) is 22.7 Å². The lowest BCUT2D eigenvalue weighted by molar-refractivity contribution is 0.618. The summed E-state index contributed by atoms with van der Waals surface area (Å²) >= 11 is 7.20. The second-order valence-electron chi connectivity index (χ2n) is 2.58. The lowest BCUT2D eigenvalue weighted by atomic mass is 10.1. The molecule has 0 saturated heterocycles. The fourth-order valence-electron chi connectivity index (χ4n) is 0.978. The van der Waals surface area contributed by atoms with E-state index in [-0.39, 0.29) is 5.82 Å². The lowest BCUT2D eigenvalue weighted by Crippen LogP contribution is -1.88. The Morgan fingerprint density at radius 1 is 1.42 bits per heavy atom. The van der Waals surface area contributed by atoms with Crippen LogP contribution in [-0.2, 0) is 6.42 Å². The Morgan fingerprint density at radius 2 is 2.17 bits per heavy atom. The second-order valence-corrected chi connectivity index (χ2v) is 3.88. The van der Waals surface area contributed by atoms with E-state index in [4.69, 9.17) is 0 Å². The number of hydrogen-bond acceptors (Lipinski definition) is 1. The van der Waals surface area contributed by atoms with Crippen molar-refractivity contribution >= 4 is 28.6 Å². The zero-order chi connectivity index (χ0) is 8.97. The number of rotatable bonds is 3. The van der Waals surface area contributed by atoms with E-state index < -0.39 is 0 Å². The van der Waals surface area contributed by atoms with E-state index >= 15 is 0 Å². The van der Waals surface area contributed by atoms with Gasteiger partial charge in [-0.3, -0.25) is 0 Å². The van der Waals surface area contributed by atoms with E-state index in [9.17, 15) is 4.39 Å². The zero-order valence-electron chi connectivity index (χ0n) is 6.56. The van der Waals surface area contributed by atoms with Gasteiger partial charge < -0.3 is 0 Å². The third-order valence-electron chi connectivity index (χ3n) is 1.61. The van der Waals surface area contributed by atoms with Gasteiger partial charge in [0, 0.05) is 0 Å². The van der Waals surface area contributed by atoms with Crippen LogP contribution in [0.3, 0.4) is 0 Å². The summed E-state index contributed by atoms with van der Waals surface area (Å²) in [7, 11) is 0. The maximum Gasteiger partial charge on any atom is 0.137 e. The first kappa shape index (κ1) is 10.1. The van der Waals surface area contributed by atoms with Crippen molar-refractivity contribution in [3.05, 3.63) is 34.1 Å². The first-order valence-electron chi connectivity index (χ1n) is 3.79. The Kier molecular flexibility index (Phi) is 4.09. The van der Waals surface area contributed by atoms with Crippen molar-refractivity contribution in [3.63, 3.8) is 0 Å². The highest BCUT2D eigenvalue weighted by Gasteiger charge is 1.99. The number of halogens is 2. The van der Waals surface area contributed by atoms with Crippen molar-refractivity contribution in [3.8, 4) is 0 Å². The van der Waals surface area contributed by atoms with Crippen LogP contribution in [0.5, 0.6) is 0 Å². The van der Waals surface area contributed by atoms with Crippen molar-refractivity contribution in [2.24, 2.45) is 0 Å². The minimum Gasteiger partial charge on any atom is -0.206 e. The Morgan fingerprint density at radius 3 is 2.75 bits per heavy atom. The van der Waals surface area contributed by atoms with Crippen molar-refractivity contribution < 1.29 is 4.39 Å². The van der Waals surface area contributed by atoms with Gasteiger partial charge in [0.15, 0.2) is 0 Å². The Hall–Kier alpha value is -0.0200. The molecule has 0 radical (unpaired) electrons. The molecule has 0 heterocycles. The quantitative estimate of drug-likeness (QED) is 0.779. The highest BCUT2D eigenvalue weighted by molar-refractivity contribution is 9.10. The molecule has 12 heavy (non-hydrogen) atoms. The van der Waals surface area contributed by atoms with Crippen LogP contribution in [0.1, 0.15) is 12.0 Å². The summed E-state index contributed by atoms with van der Waals surface area (Å²) in [6.07, 6.45) is 1.89. The molecular formula is C9H10BrFS. The van der Waals surface area contributed by atoms with Gasteiger partial charge in [0.1, 0.15) is 5.82 Å². The molecule has 1 aromatic carbocycles. The van der Waals surface area contributed by atoms with Crippen LogP contribution in [0.4, 0.5) is 4.39 Å². The van der Waals surface area contributed by atoms with Crippen LogP contribution in [0, 0.1) is 5.82 Å². The highest BCUT2D eigenvalue weighted by atomic mass is 79.9. The van der Waals surface area contributed by atoms with Crippen molar-refractivity contribution in [2.45, 2.75) is 12.8 Å². The fourth-order valence-corrected chi connectivity index (χ4v) is 1.38. The van der Waals surface area contributed by atoms with Gasteiger partial charge in [0.25, 0.3) is 0 Å². The minimum atomic E-state index is -0.188. The molecule has 1 rings (SSSR count). The molecule has 0 unspecified atom stereocenters. The van der Waals surface area contributed by atoms with Gasteiger partial charge in [0.05, 0.1) is 4.47 Å². The fraction of sp³-hybridized carbons (Fsp3) is 0.333. The van der Waals surface area contributed by atoms with E-state index in [1.165, 1.54) is 0 Å². The summed E-state index contributed by atoms with van der Waals surface area (Å²) in [5, 5.41) is 0. The maximum atomic E-state index is 12.9. The summed E-state index contributed by atoms with van der Waals surface area (Å²) in [5.74, 6) is 0.657. The molecule has 0 aromatic heterocycles. The molecule has 0 atom stereocenters. The number of hydrogen-bond donors (Lipinski definition) is 1. The van der Waals surface area contributed by atoms with E-state index in [0.29, 0.717) is 4.47 Å². The van der Waals surface area contributed by atoms with Gasteiger partial charge in [-0.15, -0.1) is 0 Å². The molecule has 0 fully saturated rings. The third kappa shape index (κ3) is 2.79. The molecule has 0 spiro atoms. The number of aryl methyl sites for hydroxylation is 1. The van der Waals surface area contributed by atoms with Gasteiger partial charge in [-0.25, -0.2) is 4.39 Å². The molecule has 0 nitrogen and oxygen atoms in total. The van der Waals surface area contributed by atoms with E-state index in [1.54, 1.807) is 12.1 Å². The maximum absolute atomic E-state index is 12.9. The SMILES string of the molecule is Fc1cc(CCCS)ccc1Br. The molecule has 0 N–H and O–H groups in total. The standard InChI is InChI=1S/C9H10BrFS/c10-8-4-3-7(2-1-5-12)6-9(8)11/h3-4,6,12H,1-2,5H2.